The van der Waals surface area contributed by atoms with E-state index in [0.29, 0.717) is 11.3 Å². The van der Waals surface area contributed by atoms with E-state index in [1.807, 2.05) is 30.2 Å². The minimum Gasteiger partial charge on any atom is -0.395 e. The summed E-state index contributed by atoms with van der Waals surface area (Å²) in [4.78, 5) is 15.1. The molecule has 0 fully saturated rings. The molecular formula is C15H21NO2S. The highest BCUT2D eigenvalue weighted by Crippen LogP contribution is 2.19. The summed E-state index contributed by atoms with van der Waals surface area (Å²) in [6.07, 6.45) is 1.38. The Labute approximate surface area is 119 Å². The highest BCUT2D eigenvalue weighted by Gasteiger charge is 2.21. The lowest BCUT2D eigenvalue weighted by Crippen LogP contribution is -2.37. The number of carbonyl (C=O) groups is 1. The molecule has 1 heterocycles. The number of aliphatic hydroxyl groups is 1. The predicted octanol–water partition coefficient (Wildman–Crippen LogP) is 2.74. The zero-order valence-electron chi connectivity index (χ0n) is 11.8. The molecule has 1 rings (SSSR count). The van der Waals surface area contributed by atoms with Crippen molar-refractivity contribution >= 4 is 17.2 Å². The van der Waals surface area contributed by atoms with Gasteiger partial charge in [0.05, 0.1) is 6.61 Å². The molecule has 0 spiro atoms. The van der Waals surface area contributed by atoms with Gasteiger partial charge >= 0.3 is 0 Å². The van der Waals surface area contributed by atoms with Crippen molar-refractivity contribution < 1.29 is 9.90 Å². The summed E-state index contributed by atoms with van der Waals surface area (Å²) in [5.41, 5.74) is 0.769. The van der Waals surface area contributed by atoms with Gasteiger partial charge in [-0.2, -0.15) is 0 Å². The molecule has 19 heavy (non-hydrogen) atoms. The van der Waals surface area contributed by atoms with Crippen molar-refractivity contribution in [2.75, 3.05) is 13.2 Å². The predicted molar refractivity (Wildman–Crippen MR) is 79.4 cm³/mol. The minimum atomic E-state index is 0.0500. The molecule has 4 heteroatoms. The molecule has 104 valence electrons. The number of hydrogen-bond donors (Lipinski definition) is 1. The van der Waals surface area contributed by atoms with E-state index in [-0.39, 0.29) is 18.6 Å². The summed E-state index contributed by atoms with van der Waals surface area (Å²) in [5.74, 6) is 5.89. The summed E-state index contributed by atoms with van der Waals surface area (Å²) in [6, 6.07) is 2.06. The summed E-state index contributed by atoms with van der Waals surface area (Å²) in [7, 11) is 0. The maximum Gasteiger partial charge on any atom is 0.265 e. The maximum atomic E-state index is 12.5. The van der Waals surface area contributed by atoms with Crippen LogP contribution in [-0.2, 0) is 0 Å². The molecule has 1 N–H and O–H groups in total. The van der Waals surface area contributed by atoms with Crippen molar-refractivity contribution in [2.24, 2.45) is 0 Å². The van der Waals surface area contributed by atoms with Gasteiger partial charge in [0, 0.05) is 24.6 Å². The van der Waals surface area contributed by atoms with E-state index in [1.54, 1.807) is 0 Å². The van der Waals surface area contributed by atoms with Crippen molar-refractivity contribution in [3.8, 4) is 11.8 Å². The molecule has 1 aromatic rings. The van der Waals surface area contributed by atoms with E-state index in [9.17, 15) is 4.79 Å². The first-order valence-corrected chi connectivity index (χ1v) is 7.48. The van der Waals surface area contributed by atoms with Gasteiger partial charge in [-0.1, -0.05) is 18.8 Å². The van der Waals surface area contributed by atoms with E-state index < -0.39 is 0 Å². The Hall–Kier alpha value is -1.31. The van der Waals surface area contributed by atoms with Crippen LogP contribution in [-0.4, -0.2) is 35.1 Å². The first kappa shape index (κ1) is 15.7. The van der Waals surface area contributed by atoms with Gasteiger partial charge < -0.3 is 10.0 Å². The van der Waals surface area contributed by atoms with Crippen LogP contribution >= 0.6 is 11.3 Å². The van der Waals surface area contributed by atoms with Crippen molar-refractivity contribution in [1.29, 1.82) is 0 Å². The molecule has 0 aromatic carbocycles. The lowest BCUT2D eigenvalue weighted by atomic mass is 10.2. The van der Waals surface area contributed by atoms with Gasteiger partial charge in [-0.15, -0.1) is 11.3 Å². The Morgan fingerprint density at radius 2 is 2.26 bits per heavy atom. The monoisotopic (exact) mass is 279 g/mol. The number of amides is 1. The molecule has 0 atom stereocenters. The Morgan fingerprint density at radius 3 is 2.84 bits per heavy atom. The van der Waals surface area contributed by atoms with Crippen LogP contribution in [0.3, 0.4) is 0 Å². The number of hydrogen-bond acceptors (Lipinski definition) is 3. The molecule has 0 aliphatic rings. The van der Waals surface area contributed by atoms with Crippen LogP contribution in [0.1, 0.15) is 48.8 Å². The molecule has 3 nitrogen and oxygen atoms in total. The van der Waals surface area contributed by atoms with Crippen LogP contribution < -0.4 is 0 Å². The van der Waals surface area contributed by atoms with Gasteiger partial charge in [0.1, 0.15) is 4.88 Å². The van der Waals surface area contributed by atoms with Crippen LogP contribution in [0, 0.1) is 11.8 Å². The van der Waals surface area contributed by atoms with Gasteiger partial charge in [0.25, 0.3) is 5.91 Å². The SMILES string of the molecule is CCCN(C(=O)c1sccc1C#CCCO)C(C)C. The molecule has 0 aliphatic heterocycles. The zero-order valence-corrected chi connectivity index (χ0v) is 12.6. The second-order valence-electron chi connectivity index (χ2n) is 4.53. The smallest absolute Gasteiger partial charge is 0.265 e. The first-order chi connectivity index (χ1) is 9.11. The van der Waals surface area contributed by atoms with Crippen LogP contribution in [0.25, 0.3) is 0 Å². The highest BCUT2D eigenvalue weighted by atomic mass is 32.1. The summed E-state index contributed by atoms with van der Waals surface area (Å²) in [6.45, 7) is 6.93. The third kappa shape index (κ3) is 4.38. The van der Waals surface area contributed by atoms with E-state index in [1.165, 1.54) is 11.3 Å². The van der Waals surface area contributed by atoms with Gasteiger partial charge in [-0.05, 0) is 31.7 Å². The molecule has 0 saturated heterocycles. The van der Waals surface area contributed by atoms with E-state index in [0.717, 1.165) is 18.5 Å². The lowest BCUT2D eigenvalue weighted by molar-refractivity contribution is 0.0710. The van der Waals surface area contributed by atoms with Crippen molar-refractivity contribution in [1.82, 2.24) is 4.90 Å². The molecule has 0 radical (unpaired) electrons. The Bertz CT molecular complexity index is 468. The van der Waals surface area contributed by atoms with E-state index in [4.69, 9.17) is 5.11 Å². The Morgan fingerprint density at radius 1 is 1.53 bits per heavy atom. The Kier molecular flexibility index (Phi) is 6.61. The number of rotatable bonds is 5. The standard InChI is InChI=1S/C15H21NO2S/c1-4-9-16(12(2)3)15(18)14-13(8-11-19-14)7-5-6-10-17/h8,11-12,17H,4,6,9-10H2,1-3H3. The molecular weight excluding hydrogens is 258 g/mol. The summed E-state index contributed by atoms with van der Waals surface area (Å²) < 4.78 is 0. The maximum absolute atomic E-state index is 12.5. The first-order valence-electron chi connectivity index (χ1n) is 6.60. The molecule has 0 unspecified atom stereocenters. The average Bonchev–Trinajstić information content (AvgIpc) is 2.83. The van der Waals surface area contributed by atoms with Crippen LogP contribution in [0.5, 0.6) is 0 Å². The quantitative estimate of drug-likeness (QED) is 0.842. The van der Waals surface area contributed by atoms with Crippen molar-refractivity contribution in [2.45, 2.75) is 39.7 Å². The number of aliphatic hydroxyl groups excluding tert-OH is 1. The van der Waals surface area contributed by atoms with Gasteiger partial charge in [-0.25, -0.2) is 0 Å². The molecule has 0 aliphatic carbocycles. The number of carbonyl (C=O) groups excluding carboxylic acids is 1. The zero-order chi connectivity index (χ0) is 14.3. The van der Waals surface area contributed by atoms with Crippen LogP contribution in [0.4, 0.5) is 0 Å². The average molecular weight is 279 g/mol. The van der Waals surface area contributed by atoms with Crippen LogP contribution in [0.2, 0.25) is 0 Å². The largest absolute Gasteiger partial charge is 0.395 e. The number of nitrogens with zero attached hydrogens (tertiary/aromatic N) is 1. The third-order valence-corrected chi connectivity index (χ3v) is 3.57. The fourth-order valence-corrected chi connectivity index (χ4v) is 2.56. The summed E-state index contributed by atoms with van der Waals surface area (Å²) in [5, 5.41) is 10.6. The fraction of sp³-hybridized carbons (Fsp3) is 0.533. The van der Waals surface area contributed by atoms with Gasteiger partial charge in [0.15, 0.2) is 0 Å². The van der Waals surface area contributed by atoms with E-state index >= 15 is 0 Å². The van der Waals surface area contributed by atoms with E-state index in [2.05, 4.69) is 18.8 Å². The van der Waals surface area contributed by atoms with Gasteiger partial charge in [-0.3, -0.25) is 4.79 Å². The van der Waals surface area contributed by atoms with Crippen molar-refractivity contribution in [3.63, 3.8) is 0 Å². The van der Waals surface area contributed by atoms with Crippen LogP contribution in [0.15, 0.2) is 11.4 Å². The van der Waals surface area contributed by atoms with Crippen molar-refractivity contribution in [3.05, 3.63) is 21.9 Å². The Balaban J connectivity index is 2.93. The second kappa shape index (κ2) is 7.98. The lowest BCUT2D eigenvalue weighted by Gasteiger charge is -2.25. The topological polar surface area (TPSA) is 40.5 Å². The second-order valence-corrected chi connectivity index (χ2v) is 5.45. The highest BCUT2D eigenvalue weighted by molar-refractivity contribution is 7.12. The normalized spacial score (nSPS) is 10.2. The molecule has 1 amide bonds. The van der Waals surface area contributed by atoms with Gasteiger partial charge in [0.2, 0.25) is 0 Å². The molecule has 0 saturated carbocycles. The third-order valence-electron chi connectivity index (χ3n) is 2.67. The molecule has 1 aromatic heterocycles. The fourth-order valence-electron chi connectivity index (χ4n) is 1.75. The summed E-state index contributed by atoms with van der Waals surface area (Å²) >= 11 is 1.43. The number of thiophene rings is 1. The minimum absolute atomic E-state index is 0.0500. The molecule has 0 bridgehead atoms.